The quantitative estimate of drug-likeness (QED) is 0.838. The number of nitrogens with one attached hydrogen (secondary N) is 1. The molecule has 20 heavy (non-hydrogen) atoms. The highest BCUT2D eigenvalue weighted by atomic mass is 32.2. The van der Waals surface area contributed by atoms with E-state index in [0.29, 0.717) is 18.2 Å². The molecule has 0 radical (unpaired) electrons. The molecule has 0 atom stereocenters. The van der Waals surface area contributed by atoms with E-state index in [0.717, 1.165) is 25.8 Å². The van der Waals surface area contributed by atoms with Gasteiger partial charge in [-0.2, -0.15) is 4.31 Å². The molecular formula is C14H24N2O3S. The Morgan fingerprint density at radius 3 is 2.65 bits per heavy atom. The van der Waals surface area contributed by atoms with Crippen LogP contribution in [0.3, 0.4) is 0 Å². The van der Waals surface area contributed by atoms with Crippen LogP contribution in [0.1, 0.15) is 38.9 Å². The van der Waals surface area contributed by atoms with Gasteiger partial charge in [0.05, 0.1) is 6.54 Å². The largest absolute Gasteiger partial charge is 0.447 e. The van der Waals surface area contributed by atoms with Gasteiger partial charge in [0.1, 0.15) is 5.76 Å². The van der Waals surface area contributed by atoms with Crippen LogP contribution >= 0.6 is 0 Å². The molecule has 1 aliphatic carbocycles. The van der Waals surface area contributed by atoms with Gasteiger partial charge in [0.25, 0.3) is 10.0 Å². The molecule has 6 heteroatoms. The van der Waals surface area contributed by atoms with E-state index in [4.69, 9.17) is 4.42 Å². The second kappa shape index (κ2) is 6.28. The van der Waals surface area contributed by atoms with E-state index >= 15 is 0 Å². The number of hydrogen-bond donors (Lipinski definition) is 1. The van der Waals surface area contributed by atoms with Crippen LogP contribution in [0.2, 0.25) is 0 Å². The highest BCUT2D eigenvalue weighted by Gasteiger charge is 2.33. The smallest absolute Gasteiger partial charge is 0.276 e. The molecule has 0 bridgehead atoms. The maximum atomic E-state index is 12.4. The molecule has 2 rings (SSSR count). The molecule has 0 saturated heterocycles. The predicted octanol–water partition coefficient (Wildman–Crippen LogP) is 2.20. The van der Waals surface area contributed by atoms with Crippen LogP contribution in [0.4, 0.5) is 0 Å². The van der Waals surface area contributed by atoms with Crippen molar-refractivity contribution in [2.24, 2.45) is 5.92 Å². The molecule has 0 spiro atoms. The standard InChI is InChI=1S/C14H24N2O3S/c1-11(2)9-15-10-13-7-8-14(19-13)20(17,18)16(3)12-5-4-6-12/h7-8,11-12,15H,4-6,9-10H2,1-3H3. The zero-order chi connectivity index (χ0) is 14.8. The number of nitrogens with zero attached hydrogens (tertiary/aromatic N) is 1. The summed E-state index contributed by atoms with van der Waals surface area (Å²) in [5.74, 6) is 1.21. The van der Waals surface area contributed by atoms with Crippen molar-refractivity contribution in [2.75, 3.05) is 13.6 Å². The minimum Gasteiger partial charge on any atom is -0.447 e. The molecule has 1 aliphatic rings. The Kier molecular flexibility index (Phi) is 4.88. The average Bonchev–Trinajstić information content (AvgIpc) is 2.75. The monoisotopic (exact) mass is 300 g/mol. The summed E-state index contributed by atoms with van der Waals surface area (Å²) < 4.78 is 31.7. The normalized spacial score (nSPS) is 16.9. The van der Waals surface area contributed by atoms with Gasteiger partial charge in [-0.1, -0.05) is 20.3 Å². The molecule has 0 amide bonds. The van der Waals surface area contributed by atoms with Gasteiger partial charge in [0.2, 0.25) is 5.09 Å². The third kappa shape index (κ3) is 3.42. The number of furan rings is 1. The fraction of sp³-hybridized carbons (Fsp3) is 0.714. The van der Waals surface area contributed by atoms with E-state index in [-0.39, 0.29) is 11.1 Å². The lowest BCUT2D eigenvalue weighted by Gasteiger charge is -2.33. The summed E-state index contributed by atoms with van der Waals surface area (Å²) in [5, 5.41) is 3.29. The van der Waals surface area contributed by atoms with Crippen molar-refractivity contribution in [3.63, 3.8) is 0 Å². The highest BCUT2D eigenvalue weighted by molar-refractivity contribution is 7.89. The van der Waals surface area contributed by atoms with E-state index in [1.165, 1.54) is 4.31 Å². The second-order valence-corrected chi connectivity index (χ2v) is 7.78. The molecule has 1 saturated carbocycles. The summed E-state index contributed by atoms with van der Waals surface area (Å²) in [6.07, 6.45) is 2.99. The van der Waals surface area contributed by atoms with Crippen molar-refractivity contribution in [1.29, 1.82) is 0 Å². The molecule has 1 aromatic rings. The van der Waals surface area contributed by atoms with E-state index in [1.807, 2.05) is 0 Å². The Balaban J connectivity index is 1.99. The van der Waals surface area contributed by atoms with Gasteiger partial charge < -0.3 is 9.73 Å². The molecule has 0 unspecified atom stereocenters. The van der Waals surface area contributed by atoms with Crippen molar-refractivity contribution in [2.45, 2.75) is 50.8 Å². The van der Waals surface area contributed by atoms with Crippen LogP contribution in [0.5, 0.6) is 0 Å². The molecule has 1 aromatic heterocycles. The fourth-order valence-corrected chi connectivity index (χ4v) is 3.50. The highest BCUT2D eigenvalue weighted by Crippen LogP contribution is 2.29. The maximum Gasteiger partial charge on any atom is 0.276 e. The summed E-state index contributed by atoms with van der Waals surface area (Å²) in [7, 11) is -1.84. The Bertz CT molecular complexity index is 532. The number of rotatable bonds is 7. The average molecular weight is 300 g/mol. The van der Waals surface area contributed by atoms with Crippen molar-refractivity contribution in [3.05, 3.63) is 17.9 Å². The van der Waals surface area contributed by atoms with Gasteiger partial charge in [0.15, 0.2) is 0 Å². The van der Waals surface area contributed by atoms with Crippen LogP contribution in [0, 0.1) is 5.92 Å². The van der Waals surface area contributed by atoms with E-state index in [1.54, 1.807) is 19.2 Å². The molecule has 0 aromatic carbocycles. The van der Waals surface area contributed by atoms with Gasteiger partial charge in [0, 0.05) is 13.1 Å². The lowest BCUT2D eigenvalue weighted by atomic mass is 9.94. The Morgan fingerprint density at radius 2 is 2.10 bits per heavy atom. The van der Waals surface area contributed by atoms with Gasteiger partial charge in [-0.15, -0.1) is 0 Å². The van der Waals surface area contributed by atoms with Crippen molar-refractivity contribution >= 4 is 10.0 Å². The Hall–Kier alpha value is -0.850. The van der Waals surface area contributed by atoms with Gasteiger partial charge >= 0.3 is 0 Å². The number of sulfonamides is 1. The Labute approximate surface area is 121 Å². The fourth-order valence-electron chi connectivity index (χ4n) is 2.16. The first-order valence-electron chi connectivity index (χ1n) is 7.18. The topological polar surface area (TPSA) is 62.6 Å². The van der Waals surface area contributed by atoms with Crippen molar-refractivity contribution < 1.29 is 12.8 Å². The lowest BCUT2D eigenvalue weighted by Crippen LogP contribution is -2.41. The zero-order valence-corrected chi connectivity index (χ0v) is 13.2. The summed E-state index contributed by atoms with van der Waals surface area (Å²) in [4.78, 5) is 0. The SMILES string of the molecule is CC(C)CNCc1ccc(S(=O)(=O)N(C)C2CCC2)o1. The molecule has 1 heterocycles. The van der Waals surface area contributed by atoms with Gasteiger partial charge in [-0.05, 0) is 37.4 Å². The molecule has 1 N–H and O–H groups in total. The van der Waals surface area contributed by atoms with Crippen LogP contribution in [-0.4, -0.2) is 32.4 Å². The first-order chi connectivity index (χ1) is 9.41. The molecule has 0 aliphatic heterocycles. The molecular weight excluding hydrogens is 276 g/mol. The minimum absolute atomic E-state index is 0.0493. The molecule has 1 fully saturated rings. The summed E-state index contributed by atoms with van der Waals surface area (Å²) in [5.41, 5.74) is 0. The first kappa shape index (κ1) is 15.5. The van der Waals surface area contributed by atoms with Crippen molar-refractivity contribution in [1.82, 2.24) is 9.62 Å². The van der Waals surface area contributed by atoms with Crippen LogP contribution in [0.25, 0.3) is 0 Å². The molecule has 114 valence electrons. The van der Waals surface area contributed by atoms with E-state index < -0.39 is 10.0 Å². The zero-order valence-electron chi connectivity index (χ0n) is 12.4. The van der Waals surface area contributed by atoms with Crippen LogP contribution in [0.15, 0.2) is 21.6 Å². The minimum atomic E-state index is -3.48. The molecule has 5 nitrogen and oxygen atoms in total. The summed E-state index contributed by atoms with van der Waals surface area (Å²) in [6, 6.07) is 3.42. The van der Waals surface area contributed by atoms with Gasteiger partial charge in [-0.3, -0.25) is 0 Å². The summed E-state index contributed by atoms with van der Waals surface area (Å²) in [6.45, 7) is 5.68. The van der Waals surface area contributed by atoms with Crippen molar-refractivity contribution in [3.8, 4) is 0 Å². The third-order valence-corrected chi connectivity index (χ3v) is 5.50. The third-order valence-electron chi connectivity index (χ3n) is 3.71. The van der Waals surface area contributed by atoms with E-state index in [2.05, 4.69) is 19.2 Å². The van der Waals surface area contributed by atoms with E-state index in [9.17, 15) is 8.42 Å². The predicted molar refractivity (Wildman–Crippen MR) is 77.8 cm³/mol. The Morgan fingerprint density at radius 1 is 1.40 bits per heavy atom. The van der Waals surface area contributed by atoms with Gasteiger partial charge in [-0.25, -0.2) is 8.42 Å². The second-order valence-electron chi connectivity index (χ2n) is 5.85. The lowest BCUT2D eigenvalue weighted by molar-refractivity contribution is 0.244. The number of hydrogen-bond acceptors (Lipinski definition) is 4. The first-order valence-corrected chi connectivity index (χ1v) is 8.62. The van der Waals surface area contributed by atoms with Crippen LogP contribution < -0.4 is 5.32 Å². The van der Waals surface area contributed by atoms with Crippen LogP contribution in [-0.2, 0) is 16.6 Å². The maximum absolute atomic E-state index is 12.4. The summed E-state index contributed by atoms with van der Waals surface area (Å²) >= 11 is 0.